The third kappa shape index (κ3) is 4.91. The molecule has 17 heavy (non-hydrogen) atoms. The third-order valence-corrected chi connectivity index (χ3v) is 4.76. The maximum absolute atomic E-state index is 11.3. The number of sulfonamides is 1. The van der Waals surface area contributed by atoms with Crippen molar-refractivity contribution in [3.05, 3.63) is 0 Å². The Morgan fingerprint density at radius 3 is 2.12 bits per heavy atom. The molecule has 0 atom stereocenters. The van der Waals surface area contributed by atoms with Crippen LogP contribution in [0, 0.1) is 5.41 Å². The summed E-state index contributed by atoms with van der Waals surface area (Å²) in [6.07, 6.45) is 2.34. The van der Waals surface area contributed by atoms with Gasteiger partial charge in [-0.15, -0.1) is 0 Å². The molecule has 0 bridgehead atoms. The Morgan fingerprint density at radius 1 is 1.18 bits per heavy atom. The first-order valence-corrected chi connectivity index (χ1v) is 7.97. The van der Waals surface area contributed by atoms with Gasteiger partial charge in [-0.25, -0.2) is 8.42 Å². The topological polar surface area (TPSA) is 66.6 Å². The number of piperazine rings is 1. The summed E-state index contributed by atoms with van der Waals surface area (Å²) in [6, 6.07) is 0. The largest absolute Gasteiger partial charge is 0.330 e. The minimum absolute atomic E-state index is 0.175. The minimum atomic E-state index is -3.01. The van der Waals surface area contributed by atoms with Crippen LogP contribution < -0.4 is 5.73 Å². The van der Waals surface area contributed by atoms with Crippen molar-refractivity contribution in [1.82, 2.24) is 9.21 Å². The Kier molecular flexibility index (Phi) is 4.95. The van der Waals surface area contributed by atoms with Gasteiger partial charge in [0.2, 0.25) is 10.0 Å². The maximum Gasteiger partial charge on any atom is 0.211 e. The fourth-order valence-electron chi connectivity index (χ4n) is 1.85. The van der Waals surface area contributed by atoms with E-state index >= 15 is 0 Å². The van der Waals surface area contributed by atoms with Crippen LogP contribution in [0.15, 0.2) is 0 Å². The summed E-state index contributed by atoms with van der Waals surface area (Å²) in [5.74, 6) is 0. The molecule has 0 aromatic carbocycles. The van der Waals surface area contributed by atoms with Gasteiger partial charge in [-0.1, -0.05) is 13.8 Å². The molecular formula is C11H25N3O2S. The van der Waals surface area contributed by atoms with Gasteiger partial charge in [-0.3, -0.25) is 0 Å². The molecule has 1 rings (SSSR count). The smallest absolute Gasteiger partial charge is 0.211 e. The molecule has 1 heterocycles. The van der Waals surface area contributed by atoms with E-state index in [9.17, 15) is 8.42 Å². The first kappa shape index (κ1) is 14.9. The van der Waals surface area contributed by atoms with E-state index in [0.717, 1.165) is 26.1 Å². The molecule has 0 radical (unpaired) electrons. The van der Waals surface area contributed by atoms with Gasteiger partial charge in [0.15, 0.2) is 0 Å². The molecule has 1 fully saturated rings. The Balaban J connectivity index is 2.33. The minimum Gasteiger partial charge on any atom is -0.330 e. The van der Waals surface area contributed by atoms with Crippen LogP contribution in [0.5, 0.6) is 0 Å². The summed E-state index contributed by atoms with van der Waals surface area (Å²) in [4.78, 5) is 2.32. The van der Waals surface area contributed by atoms with E-state index in [1.165, 1.54) is 6.26 Å². The van der Waals surface area contributed by atoms with Crippen LogP contribution in [0.25, 0.3) is 0 Å². The normalized spacial score (nSPS) is 20.7. The van der Waals surface area contributed by atoms with Crippen LogP contribution in [0.2, 0.25) is 0 Å². The van der Waals surface area contributed by atoms with Gasteiger partial charge < -0.3 is 10.6 Å². The molecular weight excluding hydrogens is 238 g/mol. The molecule has 0 aromatic heterocycles. The van der Waals surface area contributed by atoms with E-state index in [2.05, 4.69) is 18.7 Å². The molecule has 1 saturated heterocycles. The van der Waals surface area contributed by atoms with Crippen molar-refractivity contribution in [1.29, 1.82) is 0 Å². The van der Waals surface area contributed by atoms with Gasteiger partial charge in [0.25, 0.3) is 0 Å². The fraction of sp³-hybridized carbons (Fsp3) is 1.00. The number of rotatable bonds is 5. The Morgan fingerprint density at radius 2 is 1.71 bits per heavy atom. The van der Waals surface area contributed by atoms with Crippen molar-refractivity contribution in [2.24, 2.45) is 11.1 Å². The van der Waals surface area contributed by atoms with Crippen molar-refractivity contribution in [3.8, 4) is 0 Å². The molecule has 2 N–H and O–H groups in total. The molecule has 6 heteroatoms. The molecule has 0 amide bonds. The molecule has 1 aliphatic rings. The molecule has 1 aliphatic heterocycles. The molecule has 0 saturated carbocycles. The standard InChI is InChI=1S/C11H25N3O2S/c1-11(2,10-12)4-5-13-6-8-14(9-7-13)17(3,15)16/h4-10,12H2,1-3H3. The first-order chi connectivity index (χ1) is 7.74. The van der Waals surface area contributed by atoms with Crippen LogP contribution in [0.1, 0.15) is 20.3 Å². The SMILES string of the molecule is CC(C)(CN)CCN1CCN(S(C)(=O)=O)CC1. The van der Waals surface area contributed by atoms with Gasteiger partial charge >= 0.3 is 0 Å². The summed E-state index contributed by atoms with van der Waals surface area (Å²) >= 11 is 0. The number of nitrogens with zero attached hydrogens (tertiary/aromatic N) is 2. The van der Waals surface area contributed by atoms with E-state index in [1.807, 2.05) is 0 Å². The van der Waals surface area contributed by atoms with Crippen LogP contribution in [0.4, 0.5) is 0 Å². The van der Waals surface area contributed by atoms with E-state index in [0.29, 0.717) is 19.6 Å². The number of nitrogens with two attached hydrogens (primary N) is 1. The lowest BCUT2D eigenvalue weighted by Crippen LogP contribution is -2.49. The van der Waals surface area contributed by atoms with Crippen LogP contribution in [0.3, 0.4) is 0 Å². The van der Waals surface area contributed by atoms with E-state index in [4.69, 9.17) is 5.73 Å². The highest BCUT2D eigenvalue weighted by Crippen LogP contribution is 2.19. The first-order valence-electron chi connectivity index (χ1n) is 6.12. The van der Waals surface area contributed by atoms with Crippen LogP contribution in [-0.2, 0) is 10.0 Å². The van der Waals surface area contributed by atoms with Gasteiger partial charge in [-0.2, -0.15) is 4.31 Å². The zero-order valence-electron chi connectivity index (χ0n) is 11.1. The van der Waals surface area contributed by atoms with E-state index < -0.39 is 10.0 Å². The van der Waals surface area contributed by atoms with Gasteiger partial charge in [-0.05, 0) is 24.9 Å². The maximum atomic E-state index is 11.3. The van der Waals surface area contributed by atoms with Crippen molar-refractivity contribution < 1.29 is 8.42 Å². The molecule has 0 spiro atoms. The Bertz CT molecular complexity index is 333. The number of hydrogen-bond acceptors (Lipinski definition) is 4. The van der Waals surface area contributed by atoms with Crippen molar-refractivity contribution in [3.63, 3.8) is 0 Å². The summed E-state index contributed by atoms with van der Waals surface area (Å²) in [5, 5.41) is 0. The fourth-order valence-corrected chi connectivity index (χ4v) is 2.67. The summed E-state index contributed by atoms with van der Waals surface area (Å²) in [5.41, 5.74) is 5.87. The van der Waals surface area contributed by atoms with Crippen molar-refractivity contribution in [2.45, 2.75) is 20.3 Å². The van der Waals surface area contributed by atoms with Crippen LogP contribution in [-0.4, -0.2) is 63.1 Å². The molecule has 0 unspecified atom stereocenters. The Hall–Kier alpha value is -0.170. The highest BCUT2D eigenvalue weighted by Gasteiger charge is 2.24. The van der Waals surface area contributed by atoms with E-state index in [1.54, 1.807) is 4.31 Å². The summed E-state index contributed by atoms with van der Waals surface area (Å²) < 4.78 is 24.2. The average molecular weight is 263 g/mol. The summed E-state index contributed by atoms with van der Waals surface area (Å²) in [6.45, 7) is 8.91. The van der Waals surface area contributed by atoms with Crippen LogP contribution >= 0.6 is 0 Å². The lowest BCUT2D eigenvalue weighted by atomic mass is 9.89. The predicted molar refractivity (Wildman–Crippen MR) is 70.3 cm³/mol. The second-order valence-corrected chi connectivity index (χ2v) is 7.60. The highest BCUT2D eigenvalue weighted by molar-refractivity contribution is 7.88. The zero-order chi connectivity index (χ0) is 13.1. The summed E-state index contributed by atoms with van der Waals surface area (Å²) in [7, 11) is -3.01. The molecule has 0 aromatic rings. The van der Waals surface area contributed by atoms with Gasteiger partial charge in [0.05, 0.1) is 6.26 Å². The van der Waals surface area contributed by atoms with Crippen molar-refractivity contribution in [2.75, 3.05) is 45.5 Å². The monoisotopic (exact) mass is 263 g/mol. The van der Waals surface area contributed by atoms with Gasteiger partial charge in [0, 0.05) is 26.2 Å². The van der Waals surface area contributed by atoms with E-state index in [-0.39, 0.29) is 5.41 Å². The van der Waals surface area contributed by atoms with Gasteiger partial charge in [0.1, 0.15) is 0 Å². The number of hydrogen-bond donors (Lipinski definition) is 1. The molecule has 5 nitrogen and oxygen atoms in total. The molecule has 102 valence electrons. The quantitative estimate of drug-likeness (QED) is 0.754. The second kappa shape index (κ2) is 5.65. The second-order valence-electron chi connectivity index (χ2n) is 5.62. The zero-order valence-corrected chi connectivity index (χ0v) is 12.0. The molecule has 0 aliphatic carbocycles. The lowest BCUT2D eigenvalue weighted by Gasteiger charge is -2.35. The highest BCUT2D eigenvalue weighted by atomic mass is 32.2. The lowest BCUT2D eigenvalue weighted by molar-refractivity contribution is 0.165. The average Bonchev–Trinajstić information content (AvgIpc) is 2.26. The third-order valence-electron chi connectivity index (χ3n) is 3.46. The predicted octanol–water partition coefficient (Wildman–Crippen LogP) is -0.0614. The van der Waals surface area contributed by atoms with Crippen molar-refractivity contribution >= 4 is 10.0 Å². The Labute approximate surface area is 105 Å².